The normalized spacial score (nSPS) is 11.9. The molecule has 0 spiro atoms. The number of hydrogen-bond donors (Lipinski definition) is 10. The Bertz CT molecular complexity index is 922. The molecule has 1 heterocycles. The van der Waals surface area contributed by atoms with E-state index in [2.05, 4.69) is 4.90 Å². The fourth-order valence-electron chi connectivity index (χ4n) is 3.02. The van der Waals surface area contributed by atoms with Crippen LogP contribution in [0.5, 0.6) is 0 Å². The van der Waals surface area contributed by atoms with Crippen molar-refractivity contribution >= 4 is 23.9 Å². The number of unbranched alkanes of at least 4 members (excludes halogenated alkanes) is 5. The van der Waals surface area contributed by atoms with Crippen LogP contribution in [0.15, 0.2) is 24.3 Å². The van der Waals surface area contributed by atoms with Gasteiger partial charge < -0.3 is 51.1 Å². The molecule has 15 heteroatoms. The molecule has 0 unspecified atom stereocenters. The summed E-state index contributed by atoms with van der Waals surface area (Å²) in [6.07, 6.45) is 6.42. The van der Waals surface area contributed by atoms with Gasteiger partial charge in [-0.05, 0) is 37.5 Å². The van der Waals surface area contributed by atoms with Crippen molar-refractivity contribution in [3.8, 4) is 0 Å². The van der Waals surface area contributed by atoms with Crippen molar-refractivity contribution in [2.24, 2.45) is 10.8 Å². The number of carboxylic acid groups (broad SMARTS) is 4. The molecule has 0 aromatic heterocycles. The van der Waals surface area contributed by atoms with E-state index in [4.69, 9.17) is 51.1 Å². The Morgan fingerprint density at radius 2 is 1.02 bits per heavy atom. The first-order valence-corrected chi connectivity index (χ1v) is 15.9. The minimum atomic E-state index is -1.13. The standard InChI is InChI=1S/C10H18O4.C8H6O4.C6H14O3.C5H12O2.C4H9NO/c11-9(12)7-5-3-1-2-4-6-8-10(13)14;9-7(10)5-2-1-3-6(4-5)8(11)12;1-2-6(3-7,4-8)5-9;1-5(2,3-6)4-7;6-4-3-5-1-2-5/h1-8H2,(H,11,12)(H,13,14);1-4H,(H,9,10)(H,11,12);7-9H,2-5H2,1H3;6-7H,3-4H2,1-2H3;6H,1-4H2. The SMILES string of the molecule is CC(C)(CO)CO.CCC(CO)(CO)CO.O=C(O)CCCCCCCCC(=O)O.O=C(O)c1cccc(C(=O)O)c1.OCCN1CC1. The summed E-state index contributed by atoms with van der Waals surface area (Å²) in [7, 11) is 0. The molecule has 280 valence electrons. The number of rotatable bonds is 19. The fourth-order valence-corrected chi connectivity index (χ4v) is 3.02. The van der Waals surface area contributed by atoms with Crippen molar-refractivity contribution in [2.75, 3.05) is 59.3 Å². The second kappa shape index (κ2) is 29.9. The Labute approximate surface area is 283 Å². The monoisotopic (exact) mass is 693 g/mol. The molecule has 1 aliphatic heterocycles. The van der Waals surface area contributed by atoms with E-state index < -0.39 is 29.3 Å². The maximum atomic E-state index is 10.4. The topological polar surface area (TPSA) is 274 Å². The summed E-state index contributed by atoms with van der Waals surface area (Å²) < 4.78 is 0. The number of aliphatic hydroxyl groups excluding tert-OH is 6. The van der Waals surface area contributed by atoms with Crippen LogP contribution in [-0.4, -0.2) is 139 Å². The van der Waals surface area contributed by atoms with Crippen LogP contribution in [0, 0.1) is 10.8 Å². The number of carboxylic acids is 4. The van der Waals surface area contributed by atoms with Crippen LogP contribution in [0.3, 0.4) is 0 Å². The van der Waals surface area contributed by atoms with E-state index >= 15 is 0 Å². The molecule has 0 radical (unpaired) electrons. The lowest BCUT2D eigenvalue weighted by Gasteiger charge is -2.24. The molecule has 1 aromatic rings. The van der Waals surface area contributed by atoms with Crippen molar-refractivity contribution < 1.29 is 70.2 Å². The van der Waals surface area contributed by atoms with E-state index in [0.29, 0.717) is 13.0 Å². The number of hydrogen-bond acceptors (Lipinski definition) is 11. The third-order valence-electron chi connectivity index (χ3n) is 6.96. The van der Waals surface area contributed by atoms with Gasteiger partial charge in [0.15, 0.2) is 0 Å². The lowest BCUT2D eigenvalue weighted by Crippen LogP contribution is -2.32. The molecular formula is C33H59NO14. The van der Waals surface area contributed by atoms with E-state index in [9.17, 15) is 19.2 Å². The number of aromatic carboxylic acids is 2. The zero-order valence-electron chi connectivity index (χ0n) is 28.6. The van der Waals surface area contributed by atoms with Crippen molar-refractivity contribution in [1.29, 1.82) is 0 Å². The Balaban J connectivity index is -0.000000545. The number of β-amino-alcohol motifs (C(OH)–C–C–N with tert-alkyl or cyclic N) is 1. The van der Waals surface area contributed by atoms with Gasteiger partial charge in [-0.25, -0.2) is 9.59 Å². The Kier molecular flexibility index (Phi) is 30.7. The Hall–Kier alpha value is -3.18. The number of nitrogens with zero attached hydrogens (tertiary/aromatic N) is 1. The molecule has 1 aliphatic rings. The third-order valence-corrected chi connectivity index (χ3v) is 6.96. The van der Waals surface area contributed by atoms with Gasteiger partial charge in [0, 0.05) is 43.3 Å². The smallest absolute Gasteiger partial charge is 0.335 e. The predicted molar refractivity (Wildman–Crippen MR) is 178 cm³/mol. The first kappa shape index (κ1) is 49.2. The molecule has 0 bridgehead atoms. The van der Waals surface area contributed by atoms with Gasteiger partial charge in [0.2, 0.25) is 0 Å². The van der Waals surface area contributed by atoms with E-state index in [1.54, 1.807) is 13.8 Å². The highest BCUT2D eigenvalue weighted by Crippen LogP contribution is 2.18. The maximum Gasteiger partial charge on any atom is 0.335 e. The van der Waals surface area contributed by atoms with Crippen LogP contribution in [0.2, 0.25) is 0 Å². The quantitative estimate of drug-likeness (QED) is 0.0733. The Morgan fingerprint density at radius 1 is 0.646 bits per heavy atom. The molecule has 1 saturated heterocycles. The first-order valence-electron chi connectivity index (χ1n) is 15.9. The summed E-state index contributed by atoms with van der Waals surface area (Å²) >= 11 is 0. The third kappa shape index (κ3) is 30.2. The summed E-state index contributed by atoms with van der Waals surface area (Å²) in [5.74, 6) is -3.73. The summed E-state index contributed by atoms with van der Waals surface area (Å²) in [6.45, 7) is 8.63. The molecule has 0 saturated carbocycles. The second-order valence-electron chi connectivity index (χ2n) is 12.0. The summed E-state index contributed by atoms with van der Waals surface area (Å²) in [5.41, 5.74) is -1.01. The van der Waals surface area contributed by atoms with E-state index in [0.717, 1.165) is 51.1 Å². The van der Waals surface area contributed by atoms with Crippen molar-refractivity contribution in [1.82, 2.24) is 4.90 Å². The largest absolute Gasteiger partial charge is 0.481 e. The van der Waals surface area contributed by atoms with E-state index in [1.165, 1.54) is 31.3 Å². The highest BCUT2D eigenvalue weighted by atomic mass is 16.4. The molecule has 0 aliphatic carbocycles. The average molecular weight is 694 g/mol. The molecule has 0 atom stereocenters. The van der Waals surface area contributed by atoms with Gasteiger partial charge in [-0.2, -0.15) is 0 Å². The summed E-state index contributed by atoms with van der Waals surface area (Å²) in [5, 5.41) is 84.8. The summed E-state index contributed by atoms with van der Waals surface area (Å²) in [4.78, 5) is 43.2. The fraction of sp³-hybridized carbons (Fsp3) is 0.697. The summed E-state index contributed by atoms with van der Waals surface area (Å²) in [6, 6.07) is 5.20. The first-order chi connectivity index (χ1) is 22.5. The number of carbonyl (C=O) groups is 4. The van der Waals surface area contributed by atoms with Crippen LogP contribution in [-0.2, 0) is 9.59 Å². The highest BCUT2D eigenvalue weighted by Gasteiger charge is 2.25. The van der Waals surface area contributed by atoms with Gasteiger partial charge in [-0.1, -0.05) is 52.5 Å². The highest BCUT2D eigenvalue weighted by molar-refractivity contribution is 5.93. The number of benzene rings is 1. The van der Waals surface area contributed by atoms with Gasteiger partial charge in [0.25, 0.3) is 0 Å². The van der Waals surface area contributed by atoms with Gasteiger partial charge in [-0.3, -0.25) is 14.5 Å². The molecule has 0 amide bonds. The molecule has 48 heavy (non-hydrogen) atoms. The predicted octanol–water partition coefficient (Wildman–Crippen LogP) is 2.01. The molecular weight excluding hydrogens is 634 g/mol. The van der Waals surface area contributed by atoms with Crippen molar-refractivity contribution in [3.05, 3.63) is 35.4 Å². The van der Waals surface area contributed by atoms with Crippen LogP contribution < -0.4 is 0 Å². The minimum Gasteiger partial charge on any atom is -0.481 e. The maximum absolute atomic E-state index is 10.4. The molecule has 15 nitrogen and oxygen atoms in total. The zero-order valence-corrected chi connectivity index (χ0v) is 28.6. The van der Waals surface area contributed by atoms with Crippen LogP contribution >= 0.6 is 0 Å². The van der Waals surface area contributed by atoms with E-state index in [-0.39, 0.29) is 62.4 Å². The minimum absolute atomic E-state index is 0.0186. The molecule has 1 aromatic carbocycles. The number of aliphatic hydroxyl groups is 6. The van der Waals surface area contributed by atoms with E-state index in [1.807, 2.05) is 6.92 Å². The Morgan fingerprint density at radius 3 is 1.21 bits per heavy atom. The van der Waals surface area contributed by atoms with Gasteiger partial charge >= 0.3 is 23.9 Å². The van der Waals surface area contributed by atoms with Crippen LogP contribution in [0.4, 0.5) is 0 Å². The van der Waals surface area contributed by atoms with Crippen LogP contribution in [0.1, 0.15) is 99.3 Å². The lowest BCUT2D eigenvalue weighted by molar-refractivity contribution is -0.138. The number of aliphatic carboxylic acids is 2. The van der Waals surface area contributed by atoms with Crippen LogP contribution in [0.25, 0.3) is 0 Å². The van der Waals surface area contributed by atoms with Gasteiger partial charge in [0.05, 0.1) is 50.8 Å². The van der Waals surface area contributed by atoms with Crippen molar-refractivity contribution in [3.63, 3.8) is 0 Å². The molecule has 10 N–H and O–H groups in total. The lowest BCUT2D eigenvalue weighted by atomic mass is 9.88. The van der Waals surface area contributed by atoms with Gasteiger partial charge in [0.1, 0.15) is 0 Å². The molecule has 1 fully saturated rings. The second-order valence-corrected chi connectivity index (χ2v) is 12.0. The zero-order chi connectivity index (χ0) is 37.6. The molecule has 2 rings (SSSR count). The average Bonchev–Trinajstić information content (AvgIpc) is 3.89. The van der Waals surface area contributed by atoms with Crippen molar-refractivity contribution in [2.45, 2.75) is 78.6 Å². The van der Waals surface area contributed by atoms with Gasteiger partial charge in [-0.15, -0.1) is 0 Å².